The van der Waals surface area contributed by atoms with Crippen LogP contribution in [-0.4, -0.2) is 28.9 Å². The maximum absolute atomic E-state index is 11.1. The van der Waals surface area contributed by atoms with Crippen LogP contribution in [0.15, 0.2) is 0 Å². The SMILES string of the molecule is CC1CCCC(C)N1NC(=O)CCl. The van der Waals surface area contributed by atoms with E-state index < -0.39 is 0 Å². The summed E-state index contributed by atoms with van der Waals surface area (Å²) in [6.45, 7) is 4.26. The lowest BCUT2D eigenvalue weighted by molar-refractivity contribution is -0.126. The highest BCUT2D eigenvalue weighted by Crippen LogP contribution is 2.19. The van der Waals surface area contributed by atoms with Crippen molar-refractivity contribution in [2.24, 2.45) is 0 Å². The molecule has 0 aromatic heterocycles. The number of carbonyl (C=O) groups is 1. The molecule has 2 unspecified atom stereocenters. The lowest BCUT2D eigenvalue weighted by Crippen LogP contribution is -2.54. The number of rotatable bonds is 2. The average molecular weight is 205 g/mol. The zero-order valence-corrected chi connectivity index (χ0v) is 8.97. The van der Waals surface area contributed by atoms with E-state index in [-0.39, 0.29) is 11.8 Å². The fourth-order valence-electron chi connectivity index (χ4n) is 1.82. The normalized spacial score (nSPS) is 30.1. The molecule has 0 aromatic carbocycles. The highest BCUT2D eigenvalue weighted by atomic mass is 35.5. The van der Waals surface area contributed by atoms with Crippen molar-refractivity contribution in [3.63, 3.8) is 0 Å². The van der Waals surface area contributed by atoms with Gasteiger partial charge in [-0.25, -0.2) is 5.01 Å². The number of hydrogen-bond donors (Lipinski definition) is 1. The van der Waals surface area contributed by atoms with Crippen LogP contribution in [0, 0.1) is 0 Å². The van der Waals surface area contributed by atoms with E-state index in [2.05, 4.69) is 19.3 Å². The van der Waals surface area contributed by atoms with Gasteiger partial charge in [0.25, 0.3) is 0 Å². The van der Waals surface area contributed by atoms with Crippen LogP contribution in [0.5, 0.6) is 0 Å². The summed E-state index contributed by atoms with van der Waals surface area (Å²) in [5.41, 5.74) is 2.83. The van der Waals surface area contributed by atoms with E-state index in [1.54, 1.807) is 0 Å². The van der Waals surface area contributed by atoms with E-state index in [4.69, 9.17) is 11.6 Å². The second-order valence-electron chi connectivity index (χ2n) is 3.70. The summed E-state index contributed by atoms with van der Waals surface area (Å²) in [5.74, 6) is -0.0714. The van der Waals surface area contributed by atoms with Crippen molar-refractivity contribution >= 4 is 17.5 Å². The average Bonchev–Trinajstić information content (AvgIpc) is 2.11. The van der Waals surface area contributed by atoms with Gasteiger partial charge in [-0.2, -0.15) is 0 Å². The van der Waals surface area contributed by atoms with Crippen molar-refractivity contribution in [2.75, 3.05) is 5.88 Å². The van der Waals surface area contributed by atoms with Gasteiger partial charge in [0.15, 0.2) is 0 Å². The number of carbonyl (C=O) groups excluding carboxylic acids is 1. The third-order valence-electron chi connectivity index (χ3n) is 2.57. The van der Waals surface area contributed by atoms with E-state index in [1.165, 1.54) is 6.42 Å². The minimum Gasteiger partial charge on any atom is -0.287 e. The van der Waals surface area contributed by atoms with Gasteiger partial charge in [-0.05, 0) is 26.7 Å². The first-order valence-electron chi connectivity index (χ1n) is 4.79. The Labute approximate surface area is 84.4 Å². The van der Waals surface area contributed by atoms with Gasteiger partial charge < -0.3 is 0 Å². The summed E-state index contributed by atoms with van der Waals surface area (Å²) in [6.07, 6.45) is 3.54. The summed E-state index contributed by atoms with van der Waals surface area (Å²) in [7, 11) is 0. The van der Waals surface area contributed by atoms with Crippen LogP contribution in [-0.2, 0) is 4.79 Å². The highest BCUT2D eigenvalue weighted by molar-refractivity contribution is 6.27. The lowest BCUT2D eigenvalue weighted by atomic mass is 10.00. The Kier molecular flexibility index (Phi) is 4.00. The van der Waals surface area contributed by atoms with Gasteiger partial charge in [0.05, 0.1) is 0 Å². The van der Waals surface area contributed by atoms with E-state index in [0.717, 1.165) is 12.8 Å². The summed E-state index contributed by atoms with van der Waals surface area (Å²) in [6, 6.07) is 0.854. The van der Waals surface area contributed by atoms with Crippen LogP contribution in [0.3, 0.4) is 0 Å². The molecule has 0 spiro atoms. The van der Waals surface area contributed by atoms with Crippen LogP contribution in [0.25, 0.3) is 0 Å². The predicted molar refractivity (Wildman–Crippen MR) is 53.5 cm³/mol. The van der Waals surface area contributed by atoms with Gasteiger partial charge in [0.1, 0.15) is 5.88 Å². The third-order valence-corrected chi connectivity index (χ3v) is 2.81. The number of hydrazine groups is 1. The van der Waals surface area contributed by atoms with E-state index in [0.29, 0.717) is 12.1 Å². The van der Waals surface area contributed by atoms with E-state index in [9.17, 15) is 4.79 Å². The molecule has 0 saturated carbocycles. The van der Waals surface area contributed by atoms with E-state index in [1.807, 2.05) is 5.01 Å². The topological polar surface area (TPSA) is 32.3 Å². The van der Waals surface area contributed by atoms with Crippen molar-refractivity contribution in [3.8, 4) is 0 Å². The molecule has 3 nitrogen and oxygen atoms in total. The number of hydrogen-bond acceptors (Lipinski definition) is 2. The number of nitrogens with zero attached hydrogens (tertiary/aromatic N) is 1. The predicted octanol–water partition coefficient (Wildman–Crippen LogP) is 1.52. The Morgan fingerprint density at radius 1 is 1.46 bits per heavy atom. The summed E-state index contributed by atoms with van der Waals surface area (Å²) in [4.78, 5) is 11.1. The molecule has 1 aliphatic rings. The zero-order valence-electron chi connectivity index (χ0n) is 8.22. The number of halogens is 1. The minimum absolute atomic E-state index is 0.0376. The molecule has 76 valence electrons. The molecule has 1 fully saturated rings. The molecule has 0 aliphatic carbocycles. The molecular weight excluding hydrogens is 188 g/mol. The molecule has 1 N–H and O–H groups in total. The molecule has 13 heavy (non-hydrogen) atoms. The summed E-state index contributed by atoms with van der Waals surface area (Å²) < 4.78 is 0. The number of nitrogens with one attached hydrogen (secondary N) is 1. The maximum atomic E-state index is 11.1. The molecule has 1 aliphatic heterocycles. The Bertz CT molecular complexity index is 176. The van der Waals surface area contributed by atoms with Crippen molar-refractivity contribution in [2.45, 2.75) is 45.2 Å². The summed E-state index contributed by atoms with van der Waals surface area (Å²) in [5, 5.41) is 2.02. The van der Waals surface area contributed by atoms with Crippen LogP contribution < -0.4 is 5.43 Å². The first-order valence-corrected chi connectivity index (χ1v) is 5.32. The fraction of sp³-hybridized carbons (Fsp3) is 0.889. The Morgan fingerprint density at radius 3 is 2.46 bits per heavy atom. The molecule has 1 amide bonds. The van der Waals surface area contributed by atoms with Gasteiger partial charge in [0, 0.05) is 12.1 Å². The third kappa shape index (κ3) is 2.85. The van der Waals surface area contributed by atoms with Gasteiger partial charge in [0.2, 0.25) is 5.91 Å². The Hall–Kier alpha value is -0.280. The number of alkyl halides is 1. The number of piperidine rings is 1. The Balaban J connectivity index is 2.48. The minimum atomic E-state index is -0.109. The smallest absolute Gasteiger partial charge is 0.249 e. The van der Waals surface area contributed by atoms with Gasteiger partial charge in [-0.15, -0.1) is 11.6 Å². The fourth-order valence-corrected chi connectivity index (χ4v) is 1.88. The van der Waals surface area contributed by atoms with Crippen molar-refractivity contribution < 1.29 is 4.79 Å². The van der Waals surface area contributed by atoms with Gasteiger partial charge in [-0.3, -0.25) is 10.2 Å². The monoisotopic (exact) mass is 204 g/mol. The van der Waals surface area contributed by atoms with Crippen molar-refractivity contribution in [3.05, 3.63) is 0 Å². The number of amides is 1. The molecule has 1 heterocycles. The van der Waals surface area contributed by atoms with Gasteiger partial charge >= 0.3 is 0 Å². The first-order chi connectivity index (χ1) is 6.15. The molecular formula is C9H17ClN2O. The molecule has 1 rings (SSSR count). The maximum Gasteiger partial charge on any atom is 0.249 e. The molecule has 0 radical (unpaired) electrons. The second kappa shape index (κ2) is 4.82. The van der Waals surface area contributed by atoms with Crippen LogP contribution in [0.2, 0.25) is 0 Å². The quantitative estimate of drug-likeness (QED) is 0.692. The van der Waals surface area contributed by atoms with Crippen LogP contribution in [0.1, 0.15) is 33.1 Å². The second-order valence-corrected chi connectivity index (χ2v) is 3.97. The highest BCUT2D eigenvalue weighted by Gasteiger charge is 2.25. The molecule has 1 saturated heterocycles. The van der Waals surface area contributed by atoms with Crippen LogP contribution in [0.4, 0.5) is 0 Å². The lowest BCUT2D eigenvalue weighted by Gasteiger charge is -2.38. The first kappa shape index (κ1) is 10.8. The largest absolute Gasteiger partial charge is 0.287 e. The molecule has 4 heteroatoms. The standard InChI is InChI=1S/C9H17ClN2O/c1-7-4-3-5-8(2)12(7)11-9(13)6-10/h7-8H,3-6H2,1-2H3,(H,11,13). The van der Waals surface area contributed by atoms with Crippen molar-refractivity contribution in [1.29, 1.82) is 0 Å². The summed E-state index contributed by atoms with van der Waals surface area (Å²) >= 11 is 5.43. The zero-order chi connectivity index (χ0) is 9.84. The van der Waals surface area contributed by atoms with Crippen molar-refractivity contribution in [1.82, 2.24) is 10.4 Å². The van der Waals surface area contributed by atoms with E-state index >= 15 is 0 Å². The molecule has 0 aromatic rings. The van der Waals surface area contributed by atoms with Crippen LogP contribution >= 0.6 is 11.6 Å². The molecule has 0 bridgehead atoms. The molecule has 2 atom stereocenters. The Morgan fingerprint density at radius 2 is 2.00 bits per heavy atom. The van der Waals surface area contributed by atoms with Gasteiger partial charge in [-0.1, -0.05) is 6.42 Å².